The smallest absolute Gasteiger partial charge is 0.243 e. The van der Waals surface area contributed by atoms with E-state index in [1.54, 1.807) is 6.92 Å². The molecule has 1 aromatic rings. The number of nitriles is 1. The summed E-state index contributed by atoms with van der Waals surface area (Å²) in [7, 11) is -3.59. The molecule has 2 rings (SSSR count). The molecule has 0 radical (unpaired) electrons. The van der Waals surface area contributed by atoms with Crippen molar-refractivity contribution < 1.29 is 13.5 Å². The number of β-amino-alcohol motifs (C(OH)–C–C–N with tert-alkyl or cyclic N) is 1. The number of nitrogens with zero attached hydrogens (tertiary/aromatic N) is 2. The SMILES string of the molecule is Cc1cc(S(=O)(=O)N2CC(O)(C(C)C)C2)ccc1C#N. The number of aryl methyl sites for hydroxylation is 1. The Kier molecular flexibility index (Phi) is 3.63. The summed E-state index contributed by atoms with van der Waals surface area (Å²) < 4.78 is 26.1. The summed E-state index contributed by atoms with van der Waals surface area (Å²) >= 11 is 0. The fourth-order valence-corrected chi connectivity index (χ4v) is 3.82. The van der Waals surface area contributed by atoms with Crippen LogP contribution < -0.4 is 0 Å². The molecule has 1 aromatic carbocycles. The van der Waals surface area contributed by atoms with Crippen molar-refractivity contribution in [3.05, 3.63) is 29.3 Å². The Morgan fingerprint density at radius 1 is 1.40 bits per heavy atom. The molecule has 1 aliphatic rings. The highest BCUT2D eigenvalue weighted by Gasteiger charge is 2.49. The molecule has 0 unspecified atom stereocenters. The van der Waals surface area contributed by atoms with Crippen molar-refractivity contribution in [3.8, 4) is 6.07 Å². The van der Waals surface area contributed by atoms with Crippen LogP contribution in [-0.4, -0.2) is 36.5 Å². The van der Waals surface area contributed by atoms with E-state index in [-0.39, 0.29) is 23.9 Å². The highest BCUT2D eigenvalue weighted by atomic mass is 32.2. The molecular formula is C14H18N2O3S. The van der Waals surface area contributed by atoms with Gasteiger partial charge in [0.25, 0.3) is 0 Å². The molecule has 0 atom stereocenters. The molecule has 0 spiro atoms. The zero-order valence-corrected chi connectivity index (χ0v) is 12.6. The molecule has 1 aliphatic heterocycles. The van der Waals surface area contributed by atoms with E-state index < -0.39 is 15.6 Å². The van der Waals surface area contributed by atoms with Crippen molar-refractivity contribution >= 4 is 10.0 Å². The van der Waals surface area contributed by atoms with Crippen molar-refractivity contribution in [3.63, 3.8) is 0 Å². The first kappa shape index (κ1) is 15.0. The largest absolute Gasteiger partial charge is 0.387 e. The van der Waals surface area contributed by atoms with Gasteiger partial charge in [0, 0.05) is 13.1 Å². The highest BCUT2D eigenvalue weighted by molar-refractivity contribution is 7.89. The van der Waals surface area contributed by atoms with Gasteiger partial charge in [-0.1, -0.05) is 13.8 Å². The topological polar surface area (TPSA) is 81.4 Å². The van der Waals surface area contributed by atoms with Crippen LogP contribution in [0.2, 0.25) is 0 Å². The van der Waals surface area contributed by atoms with Crippen LogP contribution in [-0.2, 0) is 10.0 Å². The Morgan fingerprint density at radius 2 is 2.00 bits per heavy atom. The van der Waals surface area contributed by atoms with Crippen molar-refractivity contribution in [2.45, 2.75) is 31.3 Å². The first-order valence-corrected chi connectivity index (χ1v) is 7.88. The summed E-state index contributed by atoms with van der Waals surface area (Å²) in [6.07, 6.45) is 0. The lowest BCUT2D eigenvalue weighted by atomic mass is 9.85. The van der Waals surface area contributed by atoms with Crippen molar-refractivity contribution in [1.82, 2.24) is 4.31 Å². The quantitative estimate of drug-likeness (QED) is 0.910. The summed E-state index contributed by atoms with van der Waals surface area (Å²) in [5.41, 5.74) is 0.161. The molecule has 1 heterocycles. The van der Waals surface area contributed by atoms with Crippen molar-refractivity contribution in [1.29, 1.82) is 5.26 Å². The van der Waals surface area contributed by atoms with E-state index in [9.17, 15) is 13.5 Å². The maximum Gasteiger partial charge on any atom is 0.243 e. The van der Waals surface area contributed by atoms with Crippen LogP contribution in [0, 0.1) is 24.2 Å². The molecule has 108 valence electrons. The average Bonchev–Trinajstić information content (AvgIpc) is 2.34. The molecule has 1 N–H and O–H groups in total. The molecule has 0 aliphatic carbocycles. The van der Waals surface area contributed by atoms with E-state index in [0.29, 0.717) is 11.1 Å². The zero-order chi connectivity index (χ0) is 15.1. The lowest BCUT2D eigenvalue weighted by Gasteiger charge is -2.47. The highest BCUT2D eigenvalue weighted by Crippen LogP contribution is 2.33. The number of sulfonamides is 1. The summed E-state index contributed by atoms with van der Waals surface area (Å²) in [6, 6.07) is 6.46. The minimum Gasteiger partial charge on any atom is -0.387 e. The van der Waals surface area contributed by atoms with Crippen LogP contribution in [0.1, 0.15) is 25.0 Å². The molecule has 20 heavy (non-hydrogen) atoms. The van der Waals surface area contributed by atoms with E-state index in [4.69, 9.17) is 5.26 Å². The van der Waals surface area contributed by atoms with E-state index in [0.717, 1.165) is 0 Å². The van der Waals surface area contributed by atoms with Gasteiger partial charge in [-0.3, -0.25) is 0 Å². The first-order chi connectivity index (χ1) is 9.20. The van der Waals surface area contributed by atoms with E-state index in [1.165, 1.54) is 22.5 Å². The third kappa shape index (κ3) is 2.33. The summed E-state index contributed by atoms with van der Waals surface area (Å²) in [5.74, 6) is 0.0108. The van der Waals surface area contributed by atoms with Crippen LogP contribution in [0.3, 0.4) is 0 Å². The monoisotopic (exact) mass is 294 g/mol. The van der Waals surface area contributed by atoms with Crippen LogP contribution in [0.15, 0.2) is 23.1 Å². The van der Waals surface area contributed by atoms with Crippen LogP contribution >= 0.6 is 0 Å². The Hall–Kier alpha value is -1.42. The summed E-state index contributed by atoms with van der Waals surface area (Å²) in [5, 5.41) is 19.0. The molecule has 0 amide bonds. The van der Waals surface area contributed by atoms with E-state index in [1.807, 2.05) is 19.9 Å². The van der Waals surface area contributed by atoms with Crippen LogP contribution in [0.25, 0.3) is 0 Å². The van der Waals surface area contributed by atoms with Gasteiger partial charge < -0.3 is 5.11 Å². The maximum atomic E-state index is 12.4. The fraction of sp³-hybridized carbons (Fsp3) is 0.500. The molecule has 0 saturated carbocycles. The van der Waals surface area contributed by atoms with Gasteiger partial charge in [-0.2, -0.15) is 9.57 Å². The molecule has 6 heteroatoms. The second-order valence-corrected chi connectivity index (χ2v) is 7.56. The lowest BCUT2D eigenvalue weighted by Crippen LogP contribution is -2.65. The number of hydrogen-bond acceptors (Lipinski definition) is 4. The fourth-order valence-electron chi connectivity index (χ4n) is 2.17. The number of rotatable bonds is 3. The third-order valence-electron chi connectivity index (χ3n) is 3.93. The Labute approximate surface area is 119 Å². The molecule has 0 bridgehead atoms. The van der Waals surface area contributed by atoms with Crippen LogP contribution in [0.4, 0.5) is 0 Å². The lowest BCUT2D eigenvalue weighted by molar-refractivity contribution is -0.0932. The summed E-state index contributed by atoms with van der Waals surface area (Å²) in [4.78, 5) is 0.166. The predicted octanol–water partition coefficient (Wildman–Crippen LogP) is 1.26. The second-order valence-electron chi connectivity index (χ2n) is 5.62. The van der Waals surface area contributed by atoms with Gasteiger partial charge in [0.2, 0.25) is 10.0 Å². The van der Waals surface area contributed by atoms with Gasteiger partial charge in [-0.05, 0) is 36.6 Å². The molecule has 5 nitrogen and oxygen atoms in total. The molecular weight excluding hydrogens is 276 g/mol. The number of hydrogen-bond donors (Lipinski definition) is 1. The zero-order valence-electron chi connectivity index (χ0n) is 11.8. The van der Waals surface area contributed by atoms with Gasteiger partial charge in [0.1, 0.15) is 0 Å². The van der Waals surface area contributed by atoms with Crippen molar-refractivity contribution in [2.75, 3.05) is 13.1 Å². The first-order valence-electron chi connectivity index (χ1n) is 6.44. The minimum absolute atomic E-state index is 0.0108. The Bertz CT molecular complexity index is 668. The molecule has 1 fully saturated rings. The van der Waals surface area contributed by atoms with E-state index >= 15 is 0 Å². The van der Waals surface area contributed by atoms with Gasteiger partial charge >= 0.3 is 0 Å². The number of benzene rings is 1. The predicted molar refractivity (Wildman–Crippen MR) is 74.4 cm³/mol. The van der Waals surface area contributed by atoms with Crippen molar-refractivity contribution in [2.24, 2.45) is 5.92 Å². The van der Waals surface area contributed by atoms with E-state index in [2.05, 4.69) is 0 Å². The second kappa shape index (κ2) is 4.85. The van der Waals surface area contributed by atoms with Gasteiger partial charge in [0.15, 0.2) is 0 Å². The minimum atomic E-state index is -3.59. The molecule has 0 aromatic heterocycles. The maximum absolute atomic E-state index is 12.4. The third-order valence-corrected chi connectivity index (χ3v) is 5.72. The normalized spacial score (nSPS) is 18.6. The summed E-state index contributed by atoms with van der Waals surface area (Å²) in [6.45, 7) is 5.68. The Balaban J connectivity index is 2.26. The van der Waals surface area contributed by atoms with Crippen LogP contribution in [0.5, 0.6) is 0 Å². The molecule has 1 saturated heterocycles. The van der Waals surface area contributed by atoms with Gasteiger partial charge in [-0.25, -0.2) is 8.42 Å². The number of aliphatic hydroxyl groups is 1. The van der Waals surface area contributed by atoms with Gasteiger partial charge in [0.05, 0.1) is 22.1 Å². The Morgan fingerprint density at radius 3 is 2.45 bits per heavy atom. The average molecular weight is 294 g/mol. The standard InChI is InChI=1S/C14H18N2O3S/c1-10(2)14(17)8-16(9-14)20(18,19)13-5-4-12(7-15)11(3)6-13/h4-6,10,17H,8-9H2,1-3H3. The van der Waals surface area contributed by atoms with Gasteiger partial charge in [-0.15, -0.1) is 0 Å².